The minimum absolute atomic E-state index is 0.555. The van der Waals surface area contributed by atoms with Crippen LogP contribution in [0.5, 0.6) is 0 Å². The molecule has 2 nitrogen and oxygen atoms in total. The van der Waals surface area contributed by atoms with Crippen LogP contribution in [0.1, 0.15) is 38.2 Å². The molecule has 0 amide bonds. The predicted octanol–water partition coefficient (Wildman–Crippen LogP) is 3.43. The van der Waals surface area contributed by atoms with E-state index in [-0.39, 0.29) is 0 Å². The third-order valence-corrected chi connectivity index (χ3v) is 3.01. The Kier molecular flexibility index (Phi) is 3.60. The summed E-state index contributed by atoms with van der Waals surface area (Å²) >= 11 is 0. The van der Waals surface area contributed by atoms with Crippen LogP contribution in [0.25, 0.3) is 0 Å². The molecule has 2 rings (SSSR count). The van der Waals surface area contributed by atoms with Crippen molar-refractivity contribution in [1.82, 2.24) is 0 Å². The van der Waals surface area contributed by atoms with E-state index in [1.165, 1.54) is 37.7 Å². The molecule has 1 aliphatic rings. The Hall–Kier alpha value is -1.31. The molecule has 2 heteroatoms. The average Bonchev–Trinajstić information content (AvgIpc) is 3.12. The maximum atomic E-state index is 5.88. The number of hydrogen-bond acceptors (Lipinski definition) is 1. The molecule has 0 bridgehead atoms. The average molecular weight is 216 g/mol. The third-order valence-electron chi connectivity index (χ3n) is 3.01. The van der Waals surface area contributed by atoms with Crippen molar-refractivity contribution >= 4 is 11.5 Å². The molecule has 2 N–H and O–H groups in total. The van der Waals surface area contributed by atoms with Gasteiger partial charge < -0.3 is 5.73 Å². The maximum absolute atomic E-state index is 5.88. The molecule has 16 heavy (non-hydrogen) atoms. The SMILES string of the molecule is CCCCc1ccc(N=C(N)C2CC2)cc1. The summed E-state index contributed by atoms with van der Waals surface area (Å²) in [5.74, 6) is 1.36. The Balaban J connectivity index is 1.98. The second kappa shape index (κ2) is 5.15. The van der Waals surface area contributed by atoms with Crippen LogP contribution in [0.2, 0.25) is 0 Å². The zero-order chi connectivity index (χ0) is 11.4. The first-order valence-corrected chi connectivity index (χ1v) is 6.22. The zero-order valence-electron chi connectivity index (χ0n) is 9.95. The number of benzene rings is 1. The second-order valence-corrected chi connectivity index (χ2v) is 4.58. The van der Waals surface area contributed by atoms with E-state index in [1.807, 2.05) is 0 Å². The smallest absolute Gasteiger partial charge is 0.103 e. The maximum Gasteiger partial charge on any atom is 0.103 e. The molecule has 0 unspecified atom stereocenters. The molecule has 0 atom stereocenters. The summed E-state index contributed by atoms with van der Waals surface area (Å²) in [6.07, 6.45) is 6.09. The van der Waals surface area contributed by atoms with Gasteiger partial charge in [0.1, 0.15) is 5.84 Å². The molecule has 0 heterocycles. The lowest BCUT2D eigenvalue weighted by molar-refractivity contribution is 0.795. The third kappa shape index (κ3) is 3.09. The number of rotatable bonds is 5. The number of nitrogens with two attached hydrogens (primary N) is 1. The van der Waals surface area contributed by atoms with Crippen molar-refractivity contribution in [3.05, 3.63) is 29.8 Å². The number of aryl methyl sites for hydroxylation is 1. The van der Waals surface area contributed by atoms with Gasteiger partial charge in [0, 0.05) is 5.92 Å². The van der Waals surface area contributed by atoms with E-state index in [0.29, 0.717) is 5.92 Å². The van der Waals surface area contributed by atoms with Crippen LogP contribution in [0.4, 0.5) is 5.69 Å². The highest BCUT2D eigenvalue weighted by Gasteiger charge is 2.25. The van der Waals surface area contributed by atoms with Crippen LogP contribution < -0.4 is 5.73 Å². The number of amidine groups is 1. The number of aliphatic imine (C=N–C) groups is 1. The van der Waals surface area contributed by atoms with Gasteiger partial charge in [0.15, 0.2) is 0 Å². The number of hydrogen-bond donors (Lipinski definition) is 1. The van der Waals surface area contributed by atoms with Crippen LogP contribution in [-0.2, 0) is 6.42 Å². The fraction of sp³-hybridized carbons (Fsp3) is 0.500. The molecule has 0 aliphatic heterocycles. The minimum Gasteiger partial charge on any atom is -0.387 e. The zero-order valence-corrected chi connectivity index (χ0v) is 9.95. The van der Waals surface area contributed by atoms with Gasteiger partial charge in [0.25, 0.3) is 0 Å². The number of nitrogens with zero attached hydrogens (tertiary/aromatic N) is 1. The first-order chi connectivity index (χ1) is 7.79. The van der Waals surface area contributed by atoms with Gasteiger partial charge in [0.2, 0.25) is 0 Å². The van der Waals surface area contributed by atoms with Crippen molar-refractivity contribution in [2.45, 2.75) is 39.0 Å². The van der Waals surface area contributed by atoms with Crippen LogP contribution in [0, 0.1) is 5.92 Å². The van der Waals surface area contributed by atoms with Crippen molar-refractivity contribution in [1.29, 1.82) is 0 Å². The van der Waals surface area contributed by atoms with Gasteiger partial charge >= 0.3 is 0 Å². The van der Waals surface area contributed by atoms with Crippen molar-refractivity contribution in [2.75, 3.05) is 0 Å². The van der Waals surface area contributed by atoms with Crippen molar-refractivity contribution < 1.29 is 0 Å². The van der Waals surface area contributed by atoms with E-state index in [2.05, 4.69) is 36.2 Å². The molecule has 0 spiro atoms. The monoisotopic (exact) mass is 216 g/mol. The molecular weight excluding hydrogens is 196 g/mol. The van der Waals surface area contributed by atoms with Crippen LogP contribution in [-0.4, -0.2) is 5.84 Å². The molecule has 0 aromatic heterocycles. The first-order valence-electron chi connectivity index (χ1n) is 6.22. The number of unbranched alkanes of at least 4 members (excludes halogenated alkanes) is 1. The normalized spacial score (nSPS) is 16.4. The lowest BCUT2D eigenvalue weighted by atomic mass is 10.1. The van der Waals surface area contributed by atoms with E-state index < -0.39 is 0 Å². The molecule has 1 saturated carbocycles. The topological polar surface area (TPSA) is 38.4 Å². The van der Waals surface area contributed by atoms with Gasteiger partial charge in [-0.05, 0) is 43.4 Å². The Morgan fingerprint density at radius 3 is 2.56 bits per heavy atom. The highest BCUT2D eigenvalue weighted by atomic mass is 14.9. The Morgan fingerprint density at radius 2 is 2.00 bits per heavy atom. The van der Waals surface area contributed by atoms with Gasteiger partial charge in [0.05, 0.1) is 5.69 Å². The highest BCUT2D eigenvalue weighted by Crippen LogP contribution is 2.30. The quantitative estimate of drug-likeness (QED) is 0.594. The molecule has 0 radical (unpaired) electrons. The van der Waals surface area contributed by atoms with Crippen molar-refractivity contribution in [3.63, 3.8) is 0 Å². The van der Waals surface area contributed by atoms with Crippen LogP contribution in [0.3, 0.4) is 0 Å². The molecule has 1 aromatic carbocycles. The summed E-state index contributed by atoms with van der Waals surface area (Å²) in [6, 6.07) is 8.46. The van der Waals surface area contributed by atoms with E-state index in [1.54, 1.807) is 0 Å². The van der Waals surface area contributed by atoms with Gasteiger partial charge in [-0.15, -0.1) is 0 Å². The van der Waals surface area contributed by atoms with Gasteiger partial charge in [-0.2, -0.15) is 0 Å². The van der Waals surface area contributed by atoms with Crippen molar-refractivity contribution in [2.24, 2.45) is 16.6 Å². The Morgan fingerprint density at radius 1 is 1.31 bits per heavy atom. The molecule has 1 fully saturated rings. The largest absolute Gasteiger partial charge is 0.387 e. The summed E-state index contributed by atoms with van der Waals surface area (Å²) < 4.78 is 0. The van der Waals surface area contributed by atoms with E-state index in [9.17, 15) is 0 Å². The summed E-state index contributed by atoms with van der Waals surface area (Å²) in [4.78, 5) is 4.44. The molecule has 1 aromatic rings. The fourth-order valence-corrected chi connectivity index (χ4v) is 1.74. The first kappa shape index (κ1) is 11.2. The van der Waals surface area contributed by atoms with Gasteiger partial charge in [-0.25, -0.2) is 4.99 Å². The fourth-order valence-electron chi connectivity index (χ4n) is 1.74. The lowest BCUT2D eigenvalue weighted by Gasteiger charge is -2.01. The molecular formula is C14H20N2. The van der Waals surface area contributed by atoms with Gasteiger partial charge in [-0.1, -0.05) is 25.5 Å². The van der Waals surface area contributed by atoms with Gasteiger partial charge in [-0.3, -0.25) is 0 Å². The minimum atomic E-state index is 0.555. The summed E-state index contributed by atoms with van der Waals surface area (Å²) in [5.41, 5.74) is 8.26. The Bertz CT molecular complexity index is 361. The predicted molar refractivity (Wildman–Crippen MR) is 69.1 cm³/mol. The van der Waals surface area contributed by atoms with E-state index >= 15 is 0 Å². The van der Waals surface area contributed by atoms with Crippen molar-refractivity contribution in [3.8, 4) is 0 Å². The van der Waals surface area contributed by atoms with Crippen LogP contribution in [0.15, 0.2) is 29.3 Å². The van der Waals surface area contributed by atoms with E-state index in [0.717, 1.165) is 11.5 Å². The van der Waals surface area contributed by atoms with Crippen LogP contribution >= 0.6 is 0 Å². The summed E-state index contributed by atoms with van der Waals surface area (Å²) in [6.45, 7) is 2.22. The molecule has 0 saturated heterocycles. The summed E-state index contributed by atoms with van der Waals surface area (Å²) in [7, 11) is 0. The summed E-state index contributed by atoms with van der Waals surface area (Å²) in [5, 5.41) is 0. The molecule has 1 aliphatic carbocycles. The lowest BCUT2D eigenvalue weighted by Crippen LogP contribution is -2.12. The molecule has 86 valence electrons. The highest BCUT2D eigenvalue weighted by molar-refractivity contribution is 5.87. The standard InChI is InChI=1S/C14H20N2/c1-2-3-4-11-5-9-13(10-6-11)16-14(15)12-7-8-12/h5-6,9-10,12H,2-4,7-8H2,1H3,(H2,15,16). The Labute approximate surface area is 97.6 Å². The second-order valence-electron chi connectivity index (χ2n) is 4.58. The van der Waals surface area contributed by atoms with E-state index in [4.69, 9.17) is 5.73 Å².